The molecular weight excluding hydrogens is 644 g/mol. The molecular formula is C38H48N2O8S. The van der Waals surface area contributed by atoms with Crippen LogP contribution in [0.3, 0.4) is 0 Å². The van der Waals surface area contributed by atoms with Crippen LogP contribution in [0.5, 0.6) is 17.2 Å². The lowest BCUT2D eigenvalue weighted by Gasteiger charge is -2.24. The molecule has 49 heavy (non-hydrogen) atoms. The van der Waals surface area contributed by atoms with Gasteiger partial charge in [-0.2, -0.15) is 0 Å². The third-order valence-electron chi connectivity index (χ3n) is 8.07. The van der Waals surface area contributed by atoms with Crippen LogP contribution in [0.4, 0.5) is 5.13 Å². The summed E-state index contributed by atoms with van der Waals surface area (Å²) in [6, 6.07) is 10.8. The number of benzene rings is 2. The van der Waals surface area contributed by atoms with E-state index >= 15 is 0 Å². The lowest BCUT2D eigenvalue weighted by Crippen LogP contribution is -2.29. The molecule has 264 valence electrons. The van der Waals surface area contributed by atoms with Crippen LogP contribution in [0.2, 0.25) is 0 Å². The summed E-state index contributed by atoms with van der Waals surface area (Å²) in [6.07, 6.45) is 7.37. The smallest absolute Gasteiger partial charge is 0.350 e. The molecule has 0 spiro atoms. The topological polar surface area (TPSA) is 124 Å². The highest BCUT2D eigenvalue weighted by Gasteiger charge is 2.48. The average Bonchev–Trinajstić information content (AvgIpc) is 3.61. The first-order valence-electron chi connectivity index (χ1n) is 17.1. The van der Waals surface area contributed by atoms with Crippen LogP contribution in [0.15, 0.2) is 48.0 Å². The number of ether oxygens (including phenoxy) is 4. The second kappa shape index (κ2) is 17.9. The van der Waals surface area contributed by atoms with Gasteiger partial charge in [-0.15, -0.1) is 0 Å². The van der Waals surface area contributed by atoms with Crippen molar-refractivity contribution in [1.82, 2.24) is 4.98 Å². The first-order chi connectivity index (χ1) is 23.6. The number of carbonyl (C=O) groups excluding carboxylic acids is 3. The Morgan fingerprint density at radius 1 is 0.939 bits per heavy atom. The normalized spacial score (nSPS) is 15.6. The molecule has 3 aromatic rings. The van der Waals surface area contributed by atoms with Gasteiger partial charge >= 0.3 is 11.9 Å². The summed E-state index contributed by atoms with van der Waals surface area (Å²) in [5.74, 6) is -0.958. The molecule has 1 N–H and O–H groups in total. The number of unbranched alkanes of at least 4 members (excludes halogenated alkanes) is 5. The Kier molecular flexibility index (Phi) is 13.6. The summed E-state index contributed by atoms with van der Waals surface area (Å²) in [7, 11) is 1.52. The maximum absolute atomic E-state index is 13.8. The zero-order chi connectivity index (χ0) is 35.5. The van der Waals surface area contributed by atoms with Gasteiger partial charge in [-0.1, -0.05) is 77.2 Å². The summed E-state index contributed by atoms with van der Waals surface area (Å²) in [6.45, 7) is 11.1. The van der Waals surface area contributed by atoms with Gasteiger partial charge in [0.25, 0.3) is 5.78 Å². The van der Waals surface area contributed by atoms with Crippen LogP contribution in [0.1, 0.15) is 105 Å². The highest BCUT2D eigenvalue weighted by molar-refractivity contribution is 7.17. The lowest BCUT2D eigenvalue weighted by molar-refractivity contribution is -0.132. The summed E-state index contributed by atoms with van der Waals surface area (Å²) in [5.41, 5.74) is 1.08. The number of methoxy groups -OCH3 is 1. The number of amides is 1. The number of aliphatic hydroxyl groups is 1. The molecule has 1 unspecified atom stereocenters. The molecule has 1 amide bonds. The minimum absolute atomic E-state index is 0.118. The summed E-state index contributed by atoms with van der Waals surface area (Å²) in [5, 5.41) is 11.8. The second-order valence-corrected chi connectivity index (χ2v) is 13.4. The van der Waals surface area contributed by atoms with E-state index in [9.17, 15) is 19.5 Å². The first kappa shape index (κ1) is 37.4. The maximum atomic E-state index is 13.8. The van der Waals surface area contributed by atoms with Crippen molar-refractivity contribution in [3.63, 3.8) is 0 Å². The third-order valence-corrected chi connectivity index (χ3v) is 9.21. The van der Waals surface area contributed by atoms with Gasteiger partial charge in [0, 0.05) is 5.56 Å². The zero-order valence-electron chi connectivity index (χ0n) is 29.4. The van der Waals surface area contributed by atoms with E-state index in [1.165, 1.54) is 18.4 Å². The van der Waals surface area contributed by atoms with Crippen molar-refractivity contribution in [3.8, 4) is 17.2 Å². The molecule has 4 rings (SSSR count). The van der Waals surface area contributed by atoms with E-state index in [2.05, 4.69) is 18.8 Å². The van der Waals surface area contributed by atoms with Crippen molar-refractivity contribution >= 4 is 39.9 Å². The van der Waals surface area contributed by atoms with E-state index in [0.717, 1.165) is 49.9 Å². The standard InChI is InChI=1S/C38H48N2O8S/c1-7-9-11-12-13-21-47-29-19-16-27(22-30(29)45-6)32-31(33(41)26-14-17-28(18-15-26)46-20-10-8-2)34(42)36(43)40(32)38-39-25(5)35(49-38)37(44)48-23-24(3)4/h14-19,22,24,32,41H,7-13,20-21,23H2,1-6H3. The van der Waals surface area contributed by atoms with Crippen molar-refractivity contribution in [3.05, 3.63) is 69.7 Å². The maximum Gasteiger partial charge on any atom is 0.350 e. The number of aliphatic hydroxyl groups excluding tert-OH is 1. The quantitative estimate of drug-likeness (QED) is 0.0460. The van der Waals surface area contributed by atoms with Gasteiger partial charge in [0.2, 0.25) is 0 Å². The fraction of sp³-hybridized carbons (Fsp3) is 0.474. The molecule has 0 saturated carbocycles. The van der Waals surface area contributed by atoms with Crippen LogP contribution >= 0.6 is 11.3 Å². The van der Waals surface area contributed by atoms with E-state index in [0.29, 0.717) is 47.3 Å². The molecule has 10 nitrogen and oxygen atoms in total. The first-order valence-corrected chi connectivity index (χ1v) is 17.9. The molecule has 1 aromatic heterocycles. The predicted molar refractivity (Wildman–Crippen MR) is 191 cm³/mol. The van der Waals surface area contributed by atoms with Gasteiger partial charge in [-0.3, -0.25) is 14.5 Å². The Morgan fingerprint density at radius 2 is 1.63 bits per heavy atom. The summed E-state index contributed by atoms with van der Waals surface area (Å²) < 4.78 is 22.9. The number of esters is 1. The van der Waals surface area contributed by atoms with Crippen LogP contribution in [-0.4, -0.2) is 54.7 Å². The summed E-state index contributed by atoms with van der Waals surface area (Å²) >= 11 is 0.964. The van der Waals surface area contributed by atoms with Crippen LogP contribution in [0.25, 0.3) is 5.76 Å². The van der Waals surface area contributed by atoms with E-state index < -0.39 is 23.7 Å². The highest BCUT2D eigenvalue weighted by atomic mass is 32.1. The highest BCUT2D eigenvalue weighted by Crippen LogP contribution is 2.45. The molecule has 11 heteroatoms. The van der Waals surface area contributed by atoms with Crippen LogP contribution in [-0.2, 0) is 14.3 Å². The minimum atomic E-state index is -1.08. The van der Waals surface area contributed by atoms with Crippen molar-refractivity contribution in [2.75, 3.05) is 31.8 Å². The Labute approximate surface area is 293 Å². The SMILES string of the molecule is CCCCCCCOc1ccc(C2C(=C(O)c3ccc(OCCCC)cc3)C(=O)C(=O)N2c2nc(C)c(C(=O)OCC(C)C)s2)cc1OC. The Bertz CT molecular complexity index is 1630. The monoisotopic (exact) mass is 692 g/mol. The number of ketones is 1. The number of carbonyl (C=O) groups is 3. The number of anilines is 1. The van der Waals surface area contributed by atoms with E-state index in [1.807, 2.05) is 13.8 Å². The molecule has 1 fully saturated rings. The molecule has 1 saturated heterocycles. The molecule has 0 bridgehead atoms. The number of thiazole rings is 1. The van der Waals surface area contributed by atoms with Crippen molar-refractivity contribution < 1.29 is 38.4 Å². The van der Waals surface area contributed by atoms with Crippen LogP contribution < -0.4 is 19.1 Å². The number of aryl methyl sites for hydroxylation is 1. The molecule has 1 aliphatic rings. The Hall–Kier alpha value is -4.38. The van der Waals surface area contributed by atoms with Gasteiger partial charge in [0.1, 0.15) is 16.4 Å². The molecule has 2 heterocycles. The Balaban J connectivity index is 1.76. The van der Waals surface area contributed by atoms with Gasteiger partial charge in [0.05, 0.1) is 44.2 Å². The molecule has 0 radical (unpaired) electrons. The van der Waals surface area contributed by atoms with Crippen LogP contribution in [0, 0.1) is 12.8 Å². The van der Waals surface area contributed by atoms with Crippen molar-refractivity contribution in [2.24, 2.45) is 5.92 Å². The molecule has 1 atom stereocenters. The number of nitrogens with zero attached hydrogens (tertiary/aromatic N) is 2. The van der Waals surface area contributed by atoms with E-state index in [4.69, 9.17) is 18.9 Å². The number of hydrogen-bond donors (Lipinski definition) is 1. The van der Waals surface area contributed by atoms with Gasteiger partial charge in [0.15, 0.2) is 16.6 Å². The summed E-state index contributed by atoms with van der Waals surface area (Å²) in [4.78, 5) is 46.6. The lowest BCUT2D eigenvalue weighted by atomic mass is 9.95. The Morgan fingerprint density at radius 3 is 2.31 bits per heavy atom. The number of Topliss-reactive ketones (excluding diaryl/α,β-unsaturated/α-hetero) is 1. The van der Waals surface area contributed by atoms with E-state index in [1.54, 1.807) is 49.4 Å². The minimum Gasteiger partial charge on any atom is -0.507 e. The molecule has 1 aliphatic heterocycles. The van der Waals surface area contributed by atoms with Gasteiger partial charge < -0.3 is 24.1 Å². The van der Waals surface area contributed by atoms with Crippen molar-refractivity contribution in [1.29, 1.82) is 0 Å². The van der Waals surface area contributed by atoms with Gasteiger partial charge in [-0.05, 0) is 67.6 Å². The average molecular weight is 693 g/mol. The van der Waals surface area contributed by atoms with Gasteiger partial charge in [-0.25, -0.2) is 9.78 Å². The number of hydrogen-bond acceptors (Lipinski definition) is 10. The fourth-order valence-electron chi connectivity index (χ4n) is 5.39. The predicted octanol–water partition coefficient (Wildman–Crippen LogP) is 8.43. The van der Waals surface area contributed by atoms with E-state index in [-0.39, 0.29) is 33.9 Å². The fourth-order valence-corrected chi connectivity index (χ4v) is 6.38. The molecule has 0 aliphatic carbocycles. The zero-order valence-corrected chi connectivity index (χ0v) is 30.2. The number of rotatable bonds is 18. The number of aromatic nitrogens is 1. The largest absolute Gasteiger partial charge is 0.507 e. The van der Waals surface area contributed by atoms with Crippen molar-refractivity contribution in [2.45, 2.75) is 85.6 Å². The molecule has 2 aromatic carbocycles. The third kappa shape index (κ3) is 9.20. The second-order valence-electron chi connectivity index (χ2n) is 12.5.